The van der Waals surface area contributed by atoms with Gasteiger partial charge in [0.1, 0.15) is 5.56 Å². The second-order valence-corrected chi connectivity index (χ2v) is 9.31. The molecule has 0 saturated carbocycles. The Morgan fingerprint density at radius 1 is 1.09 bits per heavy atom. The van der Waals surface area contributed by atoms with E-state index in [2.05, 4.69) is 4.98 Å². The first-order chi connectivity index (χ1) is 15.4. The summed E-state index contributed by atoms with van der Waals surface area (Å²) in [4.78, 5) is 40.6. The van der Waals surface area contributed by atoms with Gasteiger partial charge in [-0.1, -0.05) is 26.8 Å². The first-order valence-corrected chi connectivity index (χ1v) is 10.7. The Balaban J connectivity index is 2.51. The van der Waals surface area contributed by atoms with Crippen LogP contribution in [0.2, 0.25) is 0 Å². The molecule has 10 nitrogen and oxygen atoms in total. The zero-order valence-corrected chi connectivity index (χ0v) is 19.5. The summed E-state index contributed by atoms with van der Waals surface area (Å²) in [6, 6.07) is 5.98. The zero-order chi connectivity index (χ0) is 24.7. The fourth-order valence-electron chi connectivity index (χ4n) is 3.93. The van der Waals surface area contributed by atoms with Gasteiger partial charge in [-0.2, -0.15) is 0 Å². The number of nitro benzene ring substituents is 2. The molecule has 1 aromatic heterocycles. The summed E-state index contributed by atoms with van der Waals surface area (Å²) in [6.07, 6.45) is 1.53. The fraction of sp³-hybridized carbons (Fsp3) is 0.273. The van der Waals surface area contributed by atoms with Crippen LogP contribution in [0, 0.1) is 34.1 Å². The highest BCUT2D eigenvalue weighted by molar-refractivity contribution is 7.13. The molecule has 0 aliphatic carbocycles. The van der Waals surface area contributed by atoms with Gasteiger partial charge in [0, 0.05) is 22.7 Å². The summed E-state index contributed by atoms with van der Waals surface area (Å²) in [5.74, 6) is -1.15. The van der Waals surface area contributed by atoms with Gasteiger partial charge in [0.2, 0.25) is 0 Å². The van der Waals surface area contributed by atoms with Crippen molar-refractivity contribution in [1.82, 2.24) is 4.98 Å². The normalized spacial score (nSPS) is 11.3. The minimum atomic E-state index is -1.15. The lowest BCUT2D eigenvalue weighted by atomic mass is 9.81. The van der Waals surface area contributed by atoms with E-state index >= 15 is 0 Å². The Morgan fingerprint density at radius 3 is 2.09 bits per heavy atom. The topological polar surface area (TPSA) is 140 Å². The maximum absolute atomic E-state index is 12.2. The van der Waals surface area contributed by atoms with Crippen LogP contribution in [0.15, 0.2) is 35.8 Å². The third-order valence-corrected chi connectivity index (χ3v) is 5.95. The lowest BCUT2D eigenvalue weighted by molar-refractivity contribution is -0.396. The van der Waals surface area contributed by atoms with Gasteiger partial charge >= 0.3 is 5.97 Å². The van der Waals surface area contributed by atoms with Gasteiger partial charge in [-0.05, 0) is 32.0 Å². The van der Waals surface area contributed by atoms with Gasteiger partial charge in [-0.25, -0.2) is 9.78 Å². The average Bonchev–Trinajstić information content (AvgIpc) is 3.23. The molecule has 1 N–H and O–H groups in total. The molecule has 0 spiro atoms. The quantitative estimate of drug-likeness (QED) is 0.339. The van der Waals surface area contributed by atoms with Crippen molar-refractivity contribution in [2.24, 2.45) is 0 Å². The lowest BCUT2D eigenvalue weighted by Gasteiger charge is -2.28. The molecular weight excluding hydrogens is 448 g/mol. The van der Waals surface area contributed by atoms with E-state index < -0.39 is 21.2 Å². The Bertz CT molecular complexity index is 1220. The first-order valence-electron chi connectivity index (χ1n) is 9.85. The Kier molecular flexibility index (Phi) is 6.19. The van der Waals surface area contributed by atoms with E-state index in [0.717, 1.165) is 0 Å². The number of anilines is 3. The molecule has 0 aliphatic heterocycles. The van der Waals surface area contributed by atoms with Gasteiger partial charge in [-0.3, -0.25) is 25.1 Å². The third kappa shape index (κ3) is 4.27. The molecule has 0 unspecified atom stereocenters. The first kappa shape index (κ1) is 23.8. The number of aromatic nitrogens is 1. The van der Waals surface area contributed by atoms with Crippen molar-refractivity contribution < 1.29 is 19.7 Å². The van der Waals surface area contributed by atoms with E-state index in [1.54, 1.807) is 46.1 Å². The minimum absolute atomic E-state index is 0.000302. The summed E-state index contributed by atoms with van der Waals surface area (Å²) in [6.45, 7) is 8.16. The Hall–Kier alpha value is -3.86. The van der Waals surface area contributed by atoms with Crippen LogP contribution < -0.4 is 4.90 Å². The van der Waals surface area contributed by atoms with Crippen LogP contribution >= 0.6 is 11.3 Å². The number of rotatable bonds is 6. The molecule has 0 fully saturated rings. The number of nitrogens with zero attached hydrogens (tertiary/aromatic N) is 4. The predicted octanol–water partition coefficient (Wildman–Crippen LogP) is 6.04. The number of carboxylic acid groups (broad SMARTS) is 1. The van der Waals surface area contributed by atoms with Crippen molar-refractivity contribution in [1.29, 1.82) is 0 Å². The Morgan fingerprint density at radius 2 is 1.67 bits per heavy atom. The van der Waals surface area contributed by atoms with Crippen LogP contribution in [0.25, 0.3) is 0 Å². The van der Waals surface area contributed by atoms with Gasteiger partial charge in [0.25, 0.3) is 11.4 Å². The number of nitro groups is 2. The standard InChI is InChI=1S/C22H22N4O6S/c1-12-17(13(2)19(26(31)32)16(22(3,4)5)18(12)25(29)30)24(21-23-9-10-33-21)15-8-6-7-14(11-15)20(27)28/h6-11H,1-5H3,(H,27,28). The van der Waals surface area contributed by atoms with Crippen LogP contribution in [0.1, 0.15) is 47.8 Å². The SMILES string of the molecule is Cc1c(N(c2cccc(C(=O)O)c2)c2nccs2)c(C)c([N+](=O)[O-])c(C(C)(C)C)c1[N+](=O)[O-]. The maximum atomic E-state index is 12.2. The molecule has 11 heteroatoms. The Labute approximate surface area is 193 Å². The molecule has 0 saturated heterocycles. The molecular formula is C22H22N4O6S. The molecule has 0 amide bonds. The van der Waals surface area contributed by atoms with Crippen LogP contribution in [-0.2, 0) is 5.41 Å². The van der Waals surface area contributed by atoms with Crippen molar-refractivity contribution >= 4 is 45.2 Å². The zero-order valence-electron chi connectivity index (χ0n) is 18.6. The van der Waals surface area contributed by atoms with Crippen LogP contribution in [-0.4, -0.2) is 25.9 Å². The number of carboxylic acids is 1. The van der Waals surface area contributed by atoms with Gasteiger partial charge in [0.05, 0.1) is 32.2 Å². The highest BCUT2D eigenvalue weighted by Crippen LogP contribution is 2.50. The van der Waals surface area contributed by atoms with Crippen molar-refractivity contribution in [2.75, 3.05) is 4.90 Å². The molecule has 3 aromatic rings. The predicted molar refractivity (Wildman–Crippen MR) is 125 cm³/mol. The third-order valence-electron chi connectivity index (χ3n) is 5.20. The maximum Gasteiger partial charge on any atom is 0.335 e. The van der Waals surface area contributed by atoms with E-state index in [9.17, 15) is 30.1 Å². The summed E-state index contributed by atoms with van der Waals surface area (Å²) < 4.78 is 0. The summed E-state index contributed by atoms with van der Waals surface area (Å²) in [7, 11) is 0. The average molecular weight is 471 g/mol. The summed E-state index contributed by atoms with van der Waals surface area (Å²) >= 11 is 1.22. The largest absolute Gasteiger partial charge is 0.478 e. The number of carbonyl (C=O) groups is 1. The van der Waals surface area contributed by atoms with Crippen molar-refractivity contribution in [2.45, 2.75) is 40.0 Å². The second-order valence-electron chi connectivity index (χ2n) is 8.44. The molecule has 33 heavy (non-hydrogen) atoms. The monoisotopic (exact) mass is 470 g/mol. The molecule has 1 heterocycles. The van der Waals surface area contributed by atoms with E-state index in [1.165, 1.54) is 40.6 Å². The highest BCUT2D eigenvalue weighted by Gasteiger charge is 2.41. The van der Waals surface area contributed by atoms with Crippen molar-refractivity contribution in [3.8, 4) is 0 Å². The highest BCUT2D eigenvalue weighted by atomic mass is 32.1. The van der Waals surface area contributed by atoms with E-state index in [4.69, 9.17) is 0 Å². The molecule has 2 aromatic carbocycles. The van der Waals surface area contributed by atoms with Gasteiger partial charge < -0.3 is 5.11 Å². The van der Waals surface area contributed by atoms with E-state index in [-0.39, 0.29) is 39.3 Å². The molecule has 3 rings (SSSR count). The van der Waals surface area contributed by atoms with Gasteiger partial charge in [0.15, 0.2) is 5.13 Å². The number of thiazole rings is 1. The second kappa shape index (κ2) is 8.58. The van der Waals surface area contributed by atoms with Crippen LogP contribution in [0.5, 0.6) is 0 Å². The fourth-order valence-corrected chi connectivity index (χ4v) is 4.60. The lowest BCUT2D eigenvalue weighted by Crippen LogP contribution is -2.21. The minimum Gasteiger partial charge on any atom is -0.478 e. The molecule has 0 atom stereocenters. The summed E-state index contributed by atoms with van der Waals surface area (Å²) in [5.41, 5.74) is -0.491. The number of aromatic carboxylic acids is 1. The van der Waals surface area contributed by atoms with Crippen molar-refractivity contribution in [3.05, 3.63) is 78.3 Å². The van der Waals surface area contributed by atoms with Gasteiger partial charge in [-0.15, -0.1) is 11.3 Å². The molecule has 0 aliphatic rings. The number of hydrogen-bond donors (Lipinski definition) is 1. The van der Waals surface area contributed by atoms with Crippen molar-refractivity contribution in [3.63, 3.8) is 0 Å². The summed E-state index contributed by atoms with van der Waals surface area (Å²) in [5, 5.41) is 35.9. The van der Waals surface area contributed by atoms with E-state index in [1.807, 2.05) is 0 Å². The number of hydrogen-bond acceptors (Lipinski definition) is 8. The van der Waals surface area contributed by atoms with E-state index in [0.29, 0.717) is 10.8 Å². The molecule has 0 bridgehead atoms. The van der Waals surface area contributed by atoms with Crippen LogP contribution in [0.4, 0.5) is 27.9 Å². The molecule has 172 valence electrons. The smallest absolute Gasteiger partial charge is 0.335 e. The van der Waals surface area contributed by atoms with Crippen LogP contribution in [0.3, 0.4) is 0 Å². The molecule has 0 radical (unpaired) electrons. The number of benzene rings is 2.